The van der Waals surface area contributed by atoms with Crippen molar-refractivity contribution >= 4 is 59.7 Å². The first-order valence-electron chi connectivity index (χ1n) is 15.7. The van der Waals surface area contributed by atoms with E-state index in [0.717, 1.165) is 33.7 Å². The number of hydrogen-bond donors (Lipinski definition) is 0. The van der Waals surface area contributed by atoms with Gasteiger partial charge in [0.25, 0.3) is 0 Å². The molecule has 0 atom stereocenters. The van der Waals surface area contributed by atoms with Crippen molar-refractivity contribution in [3.63, 3.8) is 0 Å². The van der Waals surface area contributed by atoms with Gasteiger partial charge in [0.2, 0.25) is 5.89 Å². The molecule has 0 N–H and O–H groups in total. The number of oxazole rings is 1. The molecule has 0 aliphatic carbocycles. The zero-order valence-electron chi connectivity index (χ0n) is 25.4. The highest BCUT2D eigenvalue weighted by atomic mass is 32.1. The molecule has 3 nitrogen and oxygen atoms in total. The molecule has 0 fully saturated rings. The van der Waals surface area contributed by atoms with Crippen LogP contribution in [-0.4, -0.2) is 4.98 Å². The van der Waals surface area contributed by atoms with E-state index in [4.69, 9.17) is 9.40 Å². The molecule has 0 saturated carbocycles. The molecule has 47 heavy (non-hydrogen) atoms. The van der Waals surface area contributed by atoms with Crippen LogP contribution in [0.3, 0.4) is 0 Å². The fourth-order valence-electron chi connectivity index (χ4n) is 6.41. The van der Waals surface area contributed by atoms with Crippen LogP contribution in [0.15, 0.2) is 174 Å². The molecule has 2 aromatic heterocycles. The summed E-state index contributed by atoms with van der Waals surface area (Å²) in [4.78, 5) is 7.29. The number of benzene rings is 7. The highest BCUT2D eigenvalue weighted by Gasteiger charge is 2.20. The number of hydrogen-bond acceptors (Lipinski definition) is 4. The first-order chi connectivity index (χ1) is 23.3. The first kappa shape index (κ1) is 27.3. The van der Waals surface area contributed by atoms with Crippen molar-refractivity contribution in [3.8, 4) is 33.7 Å². The maximum atomic E-state index is 6.25. The van der Waals surface area contributed by atoms with E-state index in [0.29, 0.717) is 5.89 Å². The van der Waals surface area contributed by atoms with Gasteiger partial charge in [0.1, 0.15) is 5.52 Å². The Kier molecular flexibility index (Phi) is 6.65. The van der Waals surface area contributed by atoms with Crippen molar-refractivity contribution in [2.75, 3.05) is 4.90 Å². The number of rotatable bonds is 6. The second kappa shape index (κ2) is 11.4. The van der Waals surface area contributed by atoms with Crippen LogP contribution in [0.1, 0.15) is 0 Å². The van der Waals surface area contributed by atoms with E-state index in [2.05, 4.69) is 144 Å². The van der Waals surface area contributed by atoms with Gasteiger partial charge in [-0.05, 0) is 76.9 Å². The molecule has 9 rings (SSSR count). The van der Waals surface area contributed by atoms with E-state index in [9.17, 15) is 0 Å². The molecule has 0 radical (unpaired) electrons. The Hall–Kier alpha value is -5.97. The van der Waals surface area contributed by atoms with Crippen LogP contribution in [0, 0.1) is 0 Å². The SMILES string of the molecule is c1ccc(-c2ccc(N(c3ccc(-c4ccccc4)cc3)c3cccc4sc5cc6oc(-c7ccccc7)nc6cc5c34)cc2)cc1. The van der Waals surface area contributed by atoms with E-state index in [1.165, 1.54) is 42.4 Å². The van der Waals surface area contributed by atoms with Gasteiger partial charge in [0.05, 0.1) is 5.69 Å². The van der Waals surface area contributed by atoms with Crippen LogP contribution in [-0.2, 0) is 0 Å². The Labute approximate surface area is 276 Å². The van der Waals surface area contributed by atoms with Gasteiger partial charge >= 0.3 is 0 Å². The quantitative estimate of drug-likeness (QED) is 0.185. The number of aromatic nitrogens is 1. The Morgan fingerprint density at radius 2 is 1.00 bits per heavy atom. The smallest absolute Gasteiger partial charge is 0.227 e. The minimum atomic E-state index is 0.640. The lowest BCUT2D eigenvalue weighted by Gasteiger charge is -2.27. The number of fused-ring (bicyclic) bond motifs is 4. The Morgan fingerprint density at radius 1 is 0.468 bits per heavy atom. The average molecular weight is 621 g/mol. The monoisotopic (exact) mass is 620 g/mol. The molecule has 0 amide bonds. The Bertz CT molecular complexity index is 2400. The van der Waals surface area contributed by atoms with Crippen LogP contribution in [0.2, 0.25) is 0 Å². The van der Waals surface area contributed by atoms with E-state index < -0.39 is 0 Å². The van der Waals surface area contributed by atoms with Crippen LogP contribution in [0.5, 0.6) is 0 Å². The van der Waals surface area contributed by atoms with Crippen molar-refractivity contribution in [2.45, 2.75) is 0 Å². The van der Waals surface area contributed by atoms with Crippen LogP contribution < -0.4 is 4.90 Å². The molecule has 4 heteroatoms. The summed E-state index contributed by atoms with van der Waals surface area (Å²) in [7, 11) is 0. The summed E-state index contributed by atoms with van der Waals surface area (Å²) in [6, 6.07) is 59.8. The second-order valence-electron chi connectivity index (χ2n) is 11.6. The van der Waals surface area contributed by atoms with Gasteiger partial charge in [-0.2, -0.15) is 0 Å². The topological polar surface area (TPSA) is 29.3 Å². The molecular weight excluding hydrogens is 593 g/mol. The molecule has 7 aromatic carbocycles. The third-order valence-electron chi connectivity index (χ3n) is 8.71. The normalized spacial score (nSPS) is 11.4. The van der Waals surface area contributed by atoms with Crippen molar-refractivity contribution in [1.82, 2.24) is 4.98 Å². The van der Waals surface area contributed by atoms with Crippen molar-refractivity contribution < 1.29 is 4.42 Å². The predicted octanol–water partition coefficient (Wildman–Crippen LogP) is 12.7. The van der Waals surface area contributed by atoms with Crippen molar-refractivity contribution in [2.24, 2.45) is 0 Å². The highest BCUT2D eigenvalue weighted by Crippen LogP contribution is 2.46. The van der Waals surface area contributed by atoms with Gasteiger partial charge in [-0.25, -0.2) is 4.98 Å². The zero-order chi connectivity index (χ0) is 31.2. The maximum absolute atomic E-state index is 6.25. The van der Waals surface area contributed by atoms with Crippen LogP contribution in [0.4, 0.5) is 17.1 Å². The van der Waals surface area contributed by atoms with Gasteiger partial charge in [0, 0.05) is 43.2 Å². The predicted molar refractivity (Wildman–Crippen MR) is 198 cm³/mol. The maximum Gasteiger partial charge on any atom is 0.227 e. The van der Waals surface area contributed by atoms with Gasteiger partial charge < -0.3 is 9.32 Å². The van der Waals surface area contributed by atoms with Gasteiger partial charge in [0.15, 0.2) is 5.58 Å². The van der Waals surface area contributed by atoms with Crippen LogP contribution >= 0.6 is 11.3 Å². The minimum Gasteiger partial charge on any atom is -0.436 e. The molecule has 0 unspecified atom stereocenters. The third-order valence-corrected chi connectivity index (χ3v) is 9.83. The van der Waals surface area contributed by atoms with E-state index in [1.807, 2.05) is 30.3 Å². The molecular formula is C43H28N2OS. The highest BCUT2D eigenvalue weighted by molar-refractivity contribution is 7.26. The average Bonchev–Trinajstić information content (AvgIpc) is 3.73. The van der Waals surface area contributed by atoms with E-state index in [1.54, 1.807) is 11.3 Å². The standard InChI is InChI=1S/C43H28N2OS/c1-4-11-29(12-5-1)31-19-23-34(24-20-31)45(35-25-21-32(22-26-35)30-13-6-2-7-14-30)38-17-10-18-40-42(38)36-27-37-39(28-41(36)47-40)46-43(44-37)33-15-8-3-9-16-33/h1-28H. The molecule has 0 bridgehead atoms. The lowest BCUT2D eigenvalue weighted by molar-refractivity contribution is 0.620. The first-order valence-corrected chi connectivity index (χ1v) is 16.5. The zero-order valence-corrected chi connectivity index (χ0v) is 26.2. The van der Waals surface area contributed by atoms with Crippen molar-refractivity contribution in [3.05, 3.63) is 170 Å². The Balaban J connectivity index is 1.22. The lowest BCUT2D eigenvalue weighted by Crippen LogP contribution is -2.10. The summed E-state index contributed by atoms with van der Waals surface area (Å²) in [5, 5.41) is 2.38. The summed E-state index contributed by atoms with van der Waals surface area (Å²) in [6.07, 6.45) is 0. The van der Waals surface area contributed by atoms with Crippen molar-refractivity contribution in [1.29, 1.82) is 0 Å². The summed E-state index contributed by atoms with van der Waals surface area (Å²) in [6.45, 7) is 0. The molecule has 2 heterocycles. The van der Waals surface area contributed by atoms with Gasteiger partial charge in [-0.15, -0.1) is 11.3 Å². The minimum absolute atomic E-state index is 0.640. The molecule has 222 valence electrons. The van der Waals surface area contributed by atoms with E-state index >= 15 is 0 Å². The fourth-order valence-corrected chi connectivity index (χ4v) is 7.55. The largest absolute Gasteiger partial charge is 0.436 e. The fraction of sp³-hybridized carbons (Fsp3) is 0. The second-order valence-corrected chi connectivity index (χ2v) is 12.7. The summed E-state index contributed by atoms with van der Waals surface area (Å²) >= 11 is 1.79. The number of nitrogens with zero attached hydrogens (tertiary/aromatic N) is 2. The number of anilines is 3. The van der Waals surface area contributed by atoms with Gasteiger partial charge in [-0.1, -0.05) is 109 Å². The summed E-state index contributed by atoms with van der Waals surface area (Å²) in [5.41, 5.74) is 10.7. The molecule has 0 aliphatic heterocycles. The van der Waals surface area contributed by atoms with E-state index in [-0.39, 0.29) is 0 Å². The van der Waals surface area contributed by atoms with Crippen LogP contribution in [0.25, 0.3) is 65.0 Å². The molecule has 0 spiro atoms. The molecule has 0 saturated heterocycles. The Morgan fingerprint density at radius 3 is 1.57 bits per heavy atom. The van der Waals surface area contributed by atoms with Gasteiger partial charge in [-0.3, -0.25) is 0 Å². The summed E-state index contributed by atoms with van der Waals surface area (Å²) in [5.74, 6) is 0.640. The molecule has 0 aliphatic rings. The summed E-state index contributed by atoms with van der Waals surface area (Å²) < 4.78 is 8.65. The lowest BCUT2D eigenvalue weighted by atomic mass is 10.0. The number of thiophene rings is 1. The molecule has 9 aromatic rings. The third kappa shape index (κ3) is 4.96.